The molecule has 0 unspecified atom stereocenters. The van der Waals surface area contributed by atoms with Crippen LogP contribution in [0.25, 0.3) is 11.1 Å². The second kappa shape index (κ2) is 9.63. The van der Waals surface area contributed by atoms with E-state index in [1.54, 1.807) is 12.1 Å². The number of halogens is 1. The number of amides is 2. The van der Waals surface area contributed by atoms with E-state index in [9.17, 15) is 14.0 Å². The Kier molecular flexibility index (Phi) is 7.14. The predicted molar refractivity (Wildman–Crippen MR) is 122 cm³/mol. The van der Waals surface area contributed by atoms with Gasteiger partial charge >= 0.3 is 0 Å². The number of nitrogens with one attached hydrogen (secondary N) is 1. The number of piperidine rings is 1. The SMILES string of the molecule is CC(C)NC(=O)C1(Cc2ccc(-c3ccccc3F)cc2)CCN(C(=O)C(C)C)CC1. The van der Waals surface area contributed by atoms with Crippen LogP contribution in [0.3, 0.4) is 0 Å². The van der Waals surface area contributed by atoms with E-state index in [-0.39, 0.29) is 29.6 Å². The van der Waals surface area contributed by atoms with Crippen LogP contribution in [0.4, 0.5) is 4.39 Å². The minimum Gasteiger partial charge on any atom is -0.353 e. The summed E-state index contributed by atoms with van der Waals surface area (Å²) in [5.74, 6) is -0.0856. The van der Waals surface area contributed by atoms with Crippen molar-refractivity contribution in [2.45, 2.75) is 53.0 Å². The third-order valence-corrected chi connectivity index (χ3v) is 6.11. The Morgan fingerprint density at radius 3 is 2.16 bits per heavy atom. The average molecular weight is 425 g/mol. The van der Waals surface area contributed by atoms with Crippen molar-refractivity contribution in [2.24, 2.45) is 11.3 Å². The van der Waals surface area contributed by atoms with Crippen LogP contribution in [0.2, 0.25) is 0 Å². The highest BCUT2D eigenvalue weighted by atomic mass is 19.1. The Hall–Kier alpha value is -2.69. The van der Waals surface area contributed by atoms with Crippen LogP contribution in [0.5, 0.6) is 0 Å². The molecule has 0 aliphatic carbocycles. The molecule has 1 saturated heterocycles. The molecule has 2 amide bonds. The molecule has 1 heterocycles. The van der Waals surface area contributed by atoms with E-state index in [0.717, 1.165) is 11.1 Å². The van der Waals surface area contributed by atoms with E-state index in [4.69, 9.17) is 0 Å². The summed E-state index contributed by atoms with van der Waals surface area (Å²) in [6, 6.07) is 14.6. The van der Waals surface area contributed by atoms with Gasteiger partial charge < -0.3 is 10.2 Å². The van der Waals surface area contributed by atoms with Gasteiger partial charge in [0, 0.05) is 30.6 Å². The lowest BCUT2D eigenvalue weighted by Crippen LogP contribution is -2.53. The van der Waals surface area contributed by atoms with E-state index in [0.29, 0.717) is 37.9 Å². The summed E-state index contributed by atoms with van der Waals surface area (Å²) in [6.45, 7) is 8.93. The lowest BCUT2D eigenvalue weighted by atomic mass is 9.72. The Balaban J connectivity index is 1.80. The van der Waals surface area contributed by atoms with E-state index >= 15 is 0 Å². The van der Waals surface area contributed by atoms with Gasteiger partial charge in [0.1, 0.15) is 5.82 Å². The molecule has 0 saturated carbocycles. The number of carbonyl (C=O) groups is 2. The molecule has 1 aliphatic heterocycles. The maximum atomic E-state index is 14.1. The fourth-order valence-corrected chi connectivity index (χ4v) is 4.31. The number of nitrogens with zero attached hydrogens (tertiary/aromatic N) is 1. The molecule has 5 heteroatoms. The molecule has 0 radical (unpaired) electrons. The highest BCUT2D eigenvalue weighted by Gasteiger charge is 2.42. The molecular formula is C26H33FN2O2. The number of hydrogen-bond acceptors (Lipinski definition) is 2. The van der Waals surface area contributed by atoms with Crippen LogP contribution >= 0.6 is 0 Å². The minimum absolute atomic E-state index is 0.0390. The topological polar surface area (TPSA) is 49.4 Å². The number of rotatable bonds is 6. The monoisotopic (exact) mass is 424 g/mol. The van der Waals surface area contributed by atoms with Gasteiger partial charge in [-0.05, 0) is 50.3 Å². The minimum atomic E-state index is -0.544. The van der Waals surface area contributed by atoms with Gasteiger partial charge in [-0.2, -0.15) is 0 Å². The van der Waals surface area contributed by atoms with Crippen LogP contribution in [-0.2, 0) is 16.0 Å². The first-order chi connectivity index (χ1) is 14.7. The van der Waals surface area contributed by atoms with E-state index in [1.165, 1.54) is 6.07 Å². The van der Waals surface area contributed by atoms with Gasteiger partial charge in [-0.3, -0.25) is 9.59 Å². The summed E-state index contributed by atoms with van der Waals surface area (Å²) in [5.41, 5.74) is 1.89. The molecule has 0 spiro atoms. The van der Waals surface area contributed by atoms with Gasteiger partial charge in [0.15, 0.2) is 0 Å². The van der Waals surface area contributed by atoms with Crippen molar-refractivity contribution in [3.63, 3.8) is 0 Å². The summed E-state index contributed by atoms with van der Waals surface area (Å²) < 4.78 is 14.1. The van der Waals surface area contributed by atoms with Crippen LogP contribution < -0.4 is 5.32 Å². The first kappa shape index (κ1) is 23.0. The highest BCUT2D eigenvalue weighted by Crippen LogP contribution is 2.37. The zero-order chi connectivity index (χ0) is 22.6. The van der Waals surface area contributed by atoms with Crippen molar-refractivity contribution in [1.82, 2.24) is 10.2 Å². The Bertz CT molecular complexity index is 913. The fraction of sp³-hybridized carbons (Fsp3) is 0.462. The van der Waals surface area contributed by atoms with Gasteiger partial charge in [-0.25, -0.2) is 4.39 Å². The van der Waals surface area contributed by atoms with E-state index < -0.39 is 5.41 Å². The maximum Gasteiger partial charge on any atom is 0.226 e. The van der Waals surface area contributed by atoms with Crippen LogP contribution in [0.15, 0.2) is 48.5 Å². The molecule has 2 aromatic rings. The first-order valence-electron chi connectivity index (χ1n) is 11.2. The van der Waals surface area contributed by atoms with Gasteiger partial charge in [0.2, 0.25) is 11.8 Å². The van der Waals surface area contributed by atoms with Crippen molar-refractivity contribution in [3.8, 4) is 11.1 Å². The lowest BCUT2D eigenvalue weighted by Gasteiger charge is -2.41. The van der Waals surface area contributed by atoms with Crippen LogP contribution in [0, 0.1) is 17.2 Å². The summed E-state index contributed by atoms with van der Waals surface area (Å²) in [5, 5.41) is 3.09. The van der Waals surface area contributed by atoms with Crippen molar-refractivity contribution in [2.75, 3.05) is 13.1 Å². The zero-order valence-electron chi connectivity index (χ0n) is 19.0. The summed E-state index contributed by atoms with van der Waals surface area (Å²) in [4.78, 5) is 27.5. The van der Waals surface area contributed by atoms with E-state index in [1.807, 2.05) is 62.9 Å². The average Bonchev–Trinajstić information content (AvgIpc) is 2.74. The third-order valence-electron chi connectivity index (χ3n) is 6.11. The second-order valence-corrected chi connectivity index (χ2v) is 9.24. The smallest absolute Gasteiger partial charge is 0.226 e. The number of hydrogen-bond donors (Lipinski definition) is 1. The quantitative estimate of drug-likeness (QED) is 0.722. The van der Waals surface area contributed by atoms with Crippen molar-refractivity contribution >= 4 is 11.8 Å². The molecule has 0 aromatic heterocycles. The molecule has 3 rings (SSSR count). The Labute approximate surface area is 184 Å². The number of carbonyl (C=O) groups excluding carboxylic acids is 2. The van der Waals surface area contributed by atoms with Crippen molar-refractivity contribution < 1.29 is 14.0 Å². The van der Waals surface area contributed by atoms with Crippen molar-refractivity contribution in [3.05, 3.63) is 59.9 Å². The molecule has 1 N–H and O–H groups in total. The Morgan fingerprint density at radius 1 is 1.00 bits per heavy atom. The summed E-state index contributed by atoms with van der Waals surface area (Å²) in [7, 11) is 0. The molecule has 1 aliphatic rings. The second-order valence-electron chi connectivity index (χ2n) is 9.24. The maximum absolute atomic E-state index is 14.1. The molecular weight excluding hydrogens is 391 g/mol. The third kappa shape index (κ3) is 5.33. The summed E-state index contributed by atoms with van der Waals surface area (Å²) in [6.07, 6.45) is 1.88. The van der Waals surface area contributed by atoms with Crippen molar-refractivity contribution in [1.29, 1.82) is 0 Å². The van der Waals surface area contributed by atoms with Gasteiger partial charge in [-0.1, -0.05) is 56.3 Å². The number of benzene rings is 2. The fourth-order valence-electron chi connectivity index (χ4n) is 4.31. The molecule has 4 nitrogen and oxygen atoms in total. The molecule has 0 bridgehead atoms. The first-order valence-corrected chi connectivity index (χ1v) is 11.2. The summed E-state index contributed by atoms with van der Waals surface area (Å²) >= 11 is 0. The molecule has 31 heavy (non-hydrogen) atoms. The molecule has 0 atom stereocenters. The standard InChI is InChI=1S/C26H33FN2O2/c1-18(2)24(30)29-15-13-26(14-16-29,25(31)28-19(3)4)17-20-9-11-21(12-10-20)22-7-5-6-8-23(22)27/h5-12,18-19H,13-17H2,1-4H3,(H,28,31). The lowest BCUT2D eigenvalue weighted by molar-refractivity contribution is -0.142. The van der Waals surface area contributed by atoms with E-state index in [2.05, 4.69) is 5.32 Å². The van der Waals surface area contributed by atoms with Gasteiger partial charge in [-0.15, -0.1) is 0 Å². The van der Waals surface area contributed by atoms with Gasteiger partial charge in [0.25, 0.3) is 0 Å². The van der Waals surface area contributed by atoms with Gasteiger partial charge in [0.05, 0.1) is 5.41 Å². The van der Waals surface area contributed by atoms with Crippen LogP contribution in [-0.4, -0.2) is 35.8 Å². The van der Waals surface area contributed by atoms with Crippen LogP contribution in [0.1, 0.15) is 46.1 Å². The Morgan fingerprint density at radius 2 is 1.61 bits per heavy atom. The largest absolute Gasteiger partial charge is 0.353 e. The predicted octanol–water partition coefficient (Wildman–Crippen LogP) is 4.82. The highest BCUT2D eigenvalue weighted by molar-refractivity contribution is 5.84. The normalized spacial score (nSPS) is 15.9. The molecule has 2 aromatic carbocycles. The molecule has 1 fully saturated rings. The zero-order valence-corrected chi connectivity index (χ0v) is 19.0. The number of likely N-dealkylation sites (tertiary alicyclic amines) is 1. The molecule has 166 valence electrons.